The first-order valence-electron chi connectivity index (χ1n) is 9.77. The first-order chi connectivity index (χ1) is 14.0. The molecule has 0 spiro atoms. The number of benzene rings is 1. The van der Waals surface area contributed by atoms with E-state index >= 15 is 0 Å². The van der Waals surface area contributed by atoms with Gasteiger partial charge in [-0.05, 0) is 70.4 Å². The van der Waals surface area contributed by atoms with Crippen molar-refractivity contribution in [2.24, 2.45) is 0 Å². The fraction of sp³-hybridized carbons (Fsp3) is 0.409. The maximum atomic E-state index is 12.4. The second kappa shape index (κ2) is 12.4. The Balaban J connectivity index is 1.80. The Morgan fingerprint density at radius 3 is 2.62 bits per heavy atom. The van der Waals surface area contributed by atoms with Gasteiger partial charge in [-0.1, -0.05) is 47.2 Å². The summed E-state index contributed by atoms with van der Waals surface area (Å²) in [6.45, 7) is 8.99. The van der Waals surface area contributed by atoms with E-state index in [4.69, 9.17) is 4.74 Å². The number of hydrogen-bond donors (Lipinski definition) is 1. The third-order valence-corrected chi connectivity index (χ3v) is 6.12. The predicted molar refractivity (Wildman–Crippen MR) is 123 cm³/mol. The number of aromatic nitrogens is 2. The number of rotatable bonds is 11. The lowest BCUT2D eigenvalue weighted by molar-refractivity contribution is 0.102. The van der Waals surface area contributed by atoms with E-state index in [0.717, 1.165) is 35.1 Å². The summed E-state index contributed by atoms with van der Waals surface area (Å²) in [4.78, 5) is 12.4. The SMILES string of the molecule is CCCSc1nnc(NC(=O)c2ccc(OCC=C(C)CCC=C(C)C)cc2)s1. The van der Waals surface area contributed by atoms with Crippen LogP contribution in [0.4, 0.5) is 5.13 Å². The molecule has 0 aliphatic heterocycles. The summed E-state index contributed by atoms with van der Waals surface area (Å²) in [5.41, 5.74) is 3.22. The van der Waals surface area contributed by atoms with Gasteiger partial charge in [0.05, 0.1) is 0 Å². The van der Waals surface area contributed by atoms with Crippen molar-refractivity contribution >= 4 is 34.1 Å². The molecule has 0 fully saturated rings. The average Bonchev–Trinajstić information content (AvgIpc) is 3.13. The van der Waals surface area contributed by atoms with Crippen LogP contribution in [0.5, 0.6) is 5.75 Å². The number of thioether (sulfide) groups is 1. The van der Waals surface area contributed by atoms with Crippen molar-refractivity contribution in [3.63, 3.8) is 0 Å². The molecule has 29 heavy (non-hydrogen) atoms. The number of allylic oxidation sites excluding steroid dienone is 3. The zero-order valence-electron chi connectivity index (χ0n) is 17.5. The van der Waals surface area contributed by atoms with Crippen LogP contribution in [0, 0.1) is 0 Å². The lowest BCUT2D eigenvalue weighted by atomic mass is 10.1. The summed E-state index contributed by atoms with van der Waals surface area (Å²) < 4.78 is 6.62. The molecular weight excluding hydrogens is 402 g/mol. The standard InChI is InChI=1S/C22H29N3O2S2/c1-5-15-28-22-25-24-21(29-22)23-20(26)18-9-11-19(12-10-18)27-14-13-17(4)8-6-7-16(2)3/h7,9-13H,5-6,8,14-15H2,1-4H3,(H,23,24,26). The minimum atomic E-state index is -0.199. The maximum Gasteiger partial charge on any atom is 0.257 e. The Hall–Kier alpha value is -2.12. The van der Waals surface area contributed by atoms with Gasteiger partial charge in [0.25, 0.3) is 5.91 Å². The maximum absolute atomic E-state index is 12.4. The molecule has 0 aliphatic carbocycles. The molecule has 1 heterocycles. The summed E-state index contributed by atoms with van der Waals surface area (Å²) in [5.74, 6) is 1.53. The van der Waals surface area contributed by atoms with Gasteiger partial charge in [-0.2, -0.15) is 0 Å². The van der Waals surface area contributed by atoms with E-state index < -0.39 is 0 Å². The number of carbonyl (C=O) groups is 1. The minimum absolute atomic E-state index is 0.199. The van der Waals surface area contributed by atoms with Crippen molar-refractivity contribution in [1.82, 2.24) is 10.2 Å². The zero-order valence-corrected chi connectivity index (χ0v) is 19.2. The number of amides is 1. The highest BCUT2D eigenvalue weighted by atomic mass is 32.2. The van der Waals surface area contributed by atoms with Crippen molar-refractivity contribution in [3.8, 4) is 5.75 Å². The molecule has 2 aromatic rings. The molecule has 2 rings (SSSR count). The van der Waals surface area contributed by atoms with Crippen LogP contribution in [0.3, 0.4) is 0 Å². The quantitative estimate of drug-likeness (QED) is 0.255. The normalized spacial score (nSPS) is 11.2. The van der Waals surface area contributed by atoms with Gasteiger partial charge in [-0.15, -0.1) is 10.2 Å². The summed E-state index contributed by atoms with van der Waals surface area (Å²) in [5, 5.41) is 11.4. The van der Waals surface area contributed by atoms with Crippen molar-refractivity contribution in [2.75, 3.05) is 17.7 Å². The van der Waals surface area contributed by atoms with Gasteiger partial charge in [-0.3, -0.25) is 10.1 Å². The van der Waals surface area contributed by atoms with Crippen LogP contribution < -0.4 is 10.1 Å². The van der Waals surface area contributed by atoms with Gasteiger partial charge >= 0.3 is 0 Å². The Kier molecular flexibility index (Phi) is 9.94. The molecule has 0 saturated carbocycles. The Morgan fingerprint density at radius 1 is 1.17 bits per heavy atom. The van der Waals surface area contributed by atoms with E-state index in [1.165, 1.54) is 22.5 Å². The van der Waals surface area contributed by atoms with Crippen molar-refractivity contribution in [1.29, 1.82) is 0 Å². The third-order valence-electron chi connectivity index (χ3n) is 3.95. The van der Waals surface area contributed by atoms with Crippen LogP contribution >= 0.6 is 23.1 Å². The van der Waals surface area contributed by atoms with Crippen LogP contribution in [0.15, 0.2) is 51.9 Å². The second-order valence-corrected chi connectivity index (χ2v) is 9.20. The average molecular weight is 432 g/mol. The third kappa shape index (κ3) is 8.83. The smallest absolute Gasteiger partial charge is 0.257 e. The predicted octanol–water partition coefficient (Wildman–Crippen LogP) is 6.36. The highest BCUT2D eigenvalue weighted by Crippen LogP contribution is 2.26. The molecule has 0 unspecified atom stereocenters. The van der Waals surface area contributed by atoms with Crippen molar-refractivity contribution < 1.29 is 9.53 Å². The lowest BCUT2D eigenvalue weighted by Gasteiger charge is -2.06. The number of anilines is 1. The van der Waals surface area contributed by atoms with E-state index in [1.807, 2.05) is 12.1 Å². The molecule has 5 nitrogen and oxygen atoms in total. The lowest BCUT2D eigenvalue weighted by Crippen LogP contribution is -2.11. The Bertz CT molecular complexity index is 838. The van der Waals surface area contributed by atoms with Gasteiger partial charge in [0.1, 0.15) is 12.4 Å². The monoisotopic (exact) mass is 431 g/mol. The topological polar surface area (TPSA) is 64.1 Å². The molecule has 1 amide bonds. The van der Waals surface area contributed by atoms with Crippen molar-refractivity contribution in [2.45, 2.75) is 51.3 Å². The fourth-order valence-corrected chi connectivity index (χ4v) is 4.02. The number of hydrogen-bond acceptors (Lipinski definition) is 6. The molecule has 0 aliphatic rings. The van der Waals surface area contributed by atoms with Gasteiger partial charge in [0.2, 0.25) is 5.13 Å². The summed E-state index contributed by atoms with van der Waals surface area (Å²) in [7, 11) is 0. The van der Waals surface area contributed by atoms with Crippen LogP contribution in [0.25, 0.3) is 0 Å². The highest BCUT2D eigenvalue weighted by molar-refractivity contribution is 8.01. The Morgan fingerprint density at radius 2 is 1.93 bits per heavy atom. The number of ether oxygens (including phenoxy) is 1. The molecular formula is C22H29N3O2S2. The van der Waals surface area contributed by atoms with E-state index in [0.29, 0.717) is 17.3 Å². The minimum Gasteiger partial charge on any atom is -0.490 e. The largest absolute Gasteiger partial charge is 0.490 e. The number of nitrogens with zero attached hydrogens (tertiary/aromatic N) is 2. The first kappa shape index (κ1) is 23.2. The van der Waals surface area contributed by atoms with E-state index in [9.17, 15) is 4.79 Å². The van der Waals surface area contributed by atoms with Crippen molar-refractivity contribution in [3.05, 3.63) is 53.1 Å². The van der Waals surface area contributed by atoms with Crippen LogP contribution in [-0.4, -0.2) is 28.5 Å². The summed E-state index contributed by atoms with van der Waals surface area (Å²) in [6.07, 6.45) is 7.52. The molecule has 0 atom stereocenters. The molecule has 1 N–H and O–H groups in total. The second-order valence-electron chi connectivity index (χ2n) is 6.88. The van der Waals surface area contributed by atoms with E-state index in [-0.39, 0.29) is 5.91 Å². The Labute approximate surface area is 181 Å². The van der Waals surface area contributed by atoms with Gasteiger partial charge < -0.3 is 4.74 Å². The summed E-state index contributed by atoms with van der Waals surface area (Å²) in [6, 6.07) is 7.13. The molecule has 0 radical (unpaired) electrons. The van der Waals surface area contributed by atoms with Crippen LogP contribution in [-0.2, 0) is 0 Å². The number of carbonyl (C=O) groups excluding carboxylic acids is 1. The van der Waals surface area contributed by atoms with E-state index in [2.05, 4.69) is 55.4 Å². The van der Waals surface area contributed by atoms with Crippen LogP contribution in [0.2, 0.25) is 0 Å². The first-order valence-corrected chi connectivity index (χ1v) is 11.6. The number of nitrogens with one attached hydrogen (secondary N) is 1. The molecule has 156 valence electrons. The highest BCUT2D eigenvalue weighted by Gasteiger charge is 2.10. The van der Waals surface area contributed by atoms with Gasteiger partial charge in [0, 0.05) is 11.3 Å². The molecule has 1 aromatic carbocycles. The fourth-order valence-electron chi connectivity index (χ4n) is 2.35. The molecule has 0 saturated heterocycles. The molecule has 1 aromatic heterocycles. The van der Waals surface area contributed by atoms with Gasteiger partial charge in [0.15, 0.2) is 4.34 Å². The van der Waals surface area contributed by atoms with E-state index in [1.54, 1.807) is 23.9 Å². The summed E-state index contributed by atoms with van der Waals surface area (Å²) >= 11 is 3.04. The van der Waals surface area contributed by atoms with Crippen LogP contribution in [0.1, 0.15) is 57.3 Å². The molecule has 7 heteroatoms. The van der Waals surface area contributed by atoms with Gasteiger partial charge in [-0.25, -0.2) is 0 Å². The molecule has 0 bridgehead atoms. The zero-order chi connectivity index (χ0) is 21.1.